The minimum absolute atomic E-state index is 0.216. The first kappa shape index (κ1) is 18.8. The highest BCUT2D eigenvalue weighted by Crippen LogP contribution is 2.57. The fraction of sp³-hybridized carbons (Fsp3) is 0.188. The van der Waals surface area contributed by atoms with Crippen molar-refractivity contribution in [1.29, 1.82) is 0 Å². The molecular weight excluding hydrogens is 370 g/mol. The van der Waals surface area contributed by atoms with E-state index in [2.05, 4.69) is 5.32 Å². The number of rotatable bonds is 4. The molecule has 0 heterocycles. The fourth-order valence-electron chi connectivity index (χ4n) is 2.41. The second-order valence-corrected chi connectivity index (χ2v) is 8.26. The van der Waals surface area contributed by atoms with Crippen molar-refractivity contribution in [3.05, 3.63) is 64.1 Å². The molecule has 2 aromatic rings. The van der Waals surface area contributed by atoms with Gasteiger partial charge < -0.3 is 15.1 Å². The van der Waals surface area contributed by atoms with Crippen molar-refractivity contribution in [3.63, 3.8) is 0 Å². The second-order valence-electron chi connectivity index (χ2n) is 5.16. The van der Waals surface area contributed by atoms with E-state index in [9.17, 15) is 14.3 Å². The van der Waals surface area contributed by atoms with Gasteiger partial charge in [-0.1, -0.05) is 47.5 Å². The van der Waals surface area contributed by atoms with Gasteiger partial charge in [0.15, 0.2) is 0 Å². The topological polar surface area (TPSA) is 69.6 Å². The summed E-state index contributed by atoms with van der Waals surface area (Å²) in [5.41, 5.74) is 0.349. The Bertz CT molecular complexity index is 786. The van der Waals surface area contributed by atoms with Crippen molar-refractivity contribution in [1.82, 2.24) is 10.2 Å². The van der Waals surface area contributed by atoms with Crippen LogP contribution in [0.5, 0.6) is 0 Å². The average molecular weight is 387 g/mol. The maximum Gasteiger partial charge on any atom is 0.317 e. The number of nitrogens with one attached hydrogen (secondary N) is 1. The van der Waals surface area contributed by atoms with Crippen LogP contribution in [-0.4, -0.2) is 29.9 Å². The van der Waals surface area contributed by atoms with E-state index in [0.717, 1.165) is 0 Å². The number of urea groups is 1. The Morgan fingerprint density at radius 2 is 1.83 bits per heavy atom. The molecule has 0 spiro atoms. The first-order chi connectivity index (χ1) is 11.3. The number of carbonyl (C=O) groups is 1. The minimum Gasteiger partial charge on any atom is -0.341 e. The van der Waals surface area contributed by atoms with Gasteiger partial charge in [0.05, 0.1) is 0 Å². The molecule has 2 rings (SSSR count). The Hall–Kier alpha value is -1.52. The summed E-state index contributed by atoms with van der Waals surface area (Å²) in [5.74, 6) is -1.15. The zero-order chi connectivity index (χ0) is 17.9. The SMILES string of the molecule is CNC(=O)N(C)C(c1ccc(Cl)cc1Cl)P(=O)(O)c1ccccc1. The molecule has 0 aliphatic rings. The molecule has 0 aromatic heterocycles. The van der Waals surface area contributed by atoms with E-state index in [1.54, 1.807) is 42.5 Å². The summed E-state index contributed by atoms with van der Waals surface area (Å²) >= 11 is 12.1. The minimum atomic E-state index is -4.00. The van der Waals surface area contributed by atoms with Gasteiger partial charge in [-0.25, -0.2) is 4.79 Å². The zero-order valence-corrected chi connectivity index (χ0v) is 15.5. The largest absolute Gasteiger partial charge is 0.341 e. The molecule has 0 aliphatic heterocycles. The van der Waals surface area contributed by atoms with E-state index in [1.165, 1.54) is 25.1 Å². The second kappa shape index (κ2) is 7.58. The number of halogens is 2. The molecule has 128 valence electrons. The van der Waals surface area contributed by atoms with Crippen LogP contribution in [0, 0.1) is 0 Å². The highest BCUT2D eigenvalue weighted by Gasteiger charge is 2.40. The first-order valence-corrected chi connectivity index (χ1v) is 9.55. The highest BCUT2D eigenvalue weighted by atomic mass is 35.5. The summed E-state index contributed by atoms with van der Waals surface area (Å²) < 4.78 is 13.3. The molecule has 2 N–H and O–H groups in total. The normalized spacial score (nSPS) is 14.5. The molecule has 0 saturated heterocycles. The van der Waals surface area contributed by atoms with Gasteiger partial charge >= 0.3 is 6.03 Å². The zero-order valence-electron chi connectivity index (χ0n) is 13.1. The molecule has 2 unspecified atom stereocenters. The monoisotopic (exact) mass is 386 g/mol. The molecule has 2 amide bonds. The van der Waals surface area contributed by atoms with Crippen molar-refractivity contribution in [2.45, 2.75) is 5.78 Å². The van der Waals surface area contributed by atoms with E-state index in [1.807, 2.05) is 0 Å². The Kier molecular flexibility index (Phi) is 5.94. The summed E-state index contributed by atoms with van der Waals surface area (Å²) in [6.45, 7) is 0. The van der Waals surface area contributed by atoms with Gasteiger partial charge in [0, 0.05) is 35.0 Å². The predicted octanol–water partition coefficient (Wildman–Crippen LogP) is 3.86. The lowest BCUT2D eigenvalue weighted by Gasteiger charge is -2.32. The van der Waals surface area contributed by atoms with Crippen molar-refractivity contribution >= 4 is 41.9 Å². The molecule has 2 atom stereocenters. The molecule has 5 nitrogen and oxygen atoms in total. The van der Waals surface area contributed by atoms with E-state index < -0.39 is 19.2 Å². The van der Waals surface area contributed by atoms with Crippen LogP contribution in [0.3, 0.4) is 0 Å². The lowest BCUT2D eigenvalue weighted by molar-refractivity contribution is 0.204. The fourth-order valence-corrected chi connectivity index (χ4v) is 5.06. The van der Waals surface area contributed by atoms with Gasteiger partial charge in [-0.3, -0.25) is 4.57 Å². The van der Waals surface area contributed by atoms with Crippen molar-refractivity contribution in [2.24, 2.45) is 0 Å². The molecule has 0 fully saturated rings. The van der Waals surface area contributed by atoms with Crippen LogP contribution in [0.15, 0.2) is 48.5 Å². The van der Waals surface area contributed by atoms with Crippen LogP contribution >= 0.6 is 30.6 Å². The summed E-state index contributed by atoms with van der Waals surface area (Å²) in [4.78, 5) is 24.1. The standard InChI is InChI=1S/C16H17Cl2N2O3P/c1-19-16(21)20(2)15(13-9-8-11(17)10-14(13)18)24(22,23)12-6-4-3-5-7-12/h3-10,15H,1-2H3,(H,19,21)(H,22,23). The van der Waals surface area contributed by atoms with E-state index in [-0.39, 0.29) is 10.3 Å². The average Bonchev–Trinajstić information content (AvgIpc) is 2.56. The molecule has 0 radical (unpaired) electrons. The van der Waals surface area contributed by atoms with Crippen LogP contribution in [0.1, 0.15) is 11.3 Å². The number of nitrogens with zero attached hydrogens (tertiary/aromatic N) is 1. The Morgan fingerprint density at radius 3 is 2.38 bits per heavy atom. The van der Waals surface area contributed by atoms with Gasteiger partial charge in [0.1, 0.15) is 5.78 Å². The van der Waals surface area contributed by atoms with Crippen molar-refractivity contribution in [3.8, 4) is 0 Å². The number of amides is 2. The molecular formula is C16H17Cl2N2O3P. The van der Waals surface area contributed by atoms with Crippen LogP contribution in [0.25, 0.3) is 0 Å². The molecule has 2 aromatic carbocycles. The van der Waals surface area contributed by atoms with E-state index >= 15 is 0 Å². The molecule has 0 saturated carbocycles. The predicted molar refractivity (Wildman–Crippen MR) is 97.3 cm³/mol. The quantitative estimate of drug-likeness (QED) is 0.783. The maximum atomic E-state index is 13.3. The Labute approximate surface area is 150 Å². The van der Waals surface area contributed by atoms with Crippen molar-refractivity contribution < 1.29 is 14.3 Å². The van der Waals surface area contributed by atoms with Crippen LogP contribution in [0.4, 0.5) is 4.79 Å². The van der Waals surface area contributed by atoms with Gasteiger partial charge in [0.25, 0.3) is 7.37 Å². The Morgan fingerprint density at radius 1 is 1.21 bits per heavy atom. The third kappa shape index (κ3) is 3.76. The van der Waals surface area contributed by atoms with Crippen LogP contribution < -0.4 is 10.6 Å². The van der Waals surface area contributed by atoms with E-state index in [0.29, 0.717) is 10.6 Å². The Balaban J connectivity index is 2.63. The number of benzene rings is 2. The molecule has 0 bridgehead atoms. The third-order valence-electron chi connectivity index (χ3n) is 3.60. The van der Waals surface area contributed by atoms with Crippen LogP contribution in [-0.2, 0) is 4.57 Å². The number of hydrogen-bond donors (Lipinski definition) is 2. The van der Waals surface area contributed by atoms with Crippen LogP contribution in [0.2, 0.25) is 10.0 Å². The third-order valence-corrected chi connectivity index (χ3v) is 6.49. The molecule has 8 heteroatoms. The summed E-state index contributed by atoms with van der Waals surface area (Å²) in [7, 11) is -1.11. The summed E-state index contributed by atoms with van der Waals surface area (Å²) in [6, 6.07) is 12.3. The summed E-state index contributed by atoms with van der Waals surface area (Å²) in [6.07, 6.45) is 0. The number of carbonyl (C=O) groups excluding carboxylic acids is 1. The highest BCUT2D eigenvalue weighted by molar-refractivity contribution is 7.66. The molecule has 24 heavy (non-hydrogen) atoms. The molecule has 0 aliphatic carbocycles. The smallest absolute Gasteiger partial charge is 0.317 e. The van der Waals surface area contributed by atoms with Gasteiger partial charge in [-0.15, -0.1) is 0 Å². The van der Waals surface area contributed by atoms with Gasteiger partial charge in [-0.05, 0) is 24.3 Å². The van der Waals surface area contributed by atoms with Crippen molar-refractivity contribution in [2.75, 3.05) is 14.1 Å². The van der Waals surface area contributed by atoms with Gasteiger partial charge in [0.2, 0.25) is 0 Å². The maximum absolute atomic E-state index is 13.3. The first-order valence-electron chi connectivity index (χ1n) is 7.06. The van der Waals surface area contributed by atoms with E-state index in [4.69, 9.17) is 23.2 Å². The number of hydrogen-bond acceptors (Lipinski definition) is 2. The van der Waals surface area contributed by atoms with Gasteiger partial charge in [-0.2, -0.15) is 0 Å². The lowest BCUT2D eigenvalue weighted by Crippen LogP contribution is -2.39. The lowest BCUT2D eigenvalue weighted by atomic mass is 10.2. The summed E-state index contributed by atoms with van der Waals surface area (Å²) in [5, 5.41) is 3.30.